The molecule has 0 fully saturated rings. The molecule has 1 aromatic heterocycles. The van der Waals surface area contributed by atoms with Crippen LogP contribution in [-0.2, 0) is 4.79 Å². The van der Waals surface area contributed by atoms with Gasteiger partial charge in [-0.2, -0.15) is 0 Å². The summed E-state index contributed by atoms with van der Waals surface area (Å²) in [7, 11) is 0. The summed E-state index contributed by atoms with van der Waals surface area (Å²) in [6.45, 7) is 1.76. The Hall–Kier alpha value is -1.72. The van der Waals surface area contributed by atoms with E-state index in [2.05, 4.69) is 5.32 Å². The zero-order chi connectivity index (χ0) is 13.1. The lowest BCUT2D eigenvalue weighted by atomic mass is 10.2. The van der Waals surface area contributed by atoms with E-state index in [9.17, 15) is 9.18 Å². The minimum Gasteiger partial charge on any atom is -0.324 e. The van der Waals surface area contributed by atoms with Crippen LogP contribution in [-0.4, -0.2) is 5.91 Å². The van der Waals surface area contributed by atoms with E-state index >= 15 is 0 Å². The molecule has 2 aromatic rings. The van der Waals surface area contributed by atoms with Gasteiger partial charge < -0.3 is 11.1 Å². The number of anilines is 1. The zero-order valence-corrected chi connectivity index (χ0v) is 10.6. The first-order valence-electron chi connectivity index (χ1n) is 5.43. The van der Waals surface area contributed by atoms with Gasteiger partial charge in [0.1, 0.15) is 11.9 Å². The Morgan fingerprint density at radius 2 is 2.22 bits per heavy atom. The summed E-state index contributed by atoms with van der Waals surface area (Å²) >= 11 is 1.42. The predicted octanol–water partition coefficient (Wildman–Crippen LogP) is 2.83. The van der Waals surface area contributed by atoms with E-state index in [4.69, 9.17) is 5.73 Å². The average molecular weight is 264 g/mol. The molecule has 0 radical (unpaired) electrons. The van der Waals surface area contributed by atoms with Crippen LogP contribution in [0.2, 0.25) is 0 Å². The molecule has 0 aliphatic heterocycles. The Kier molecular flexibility index (Phi) is 3.74. The van der Waals surface area contributed by atoms with Crippen LogP contribution in [0, 0.1) is 12.7 Å². The van der Waals surface area contributed by atoms with Gasteiger partial charge in [0.25, 0.3) is 0 Å². The van der Waals surface area contributed by atoms with Crippen molar-refractivity contribution < 1.29 is 9.18 Å². The van der Waals surface area contributed by atoms with Crippen LogP contribution in [0.1, 0.15) is 16.5 Å². The molecule has 3 nitrogen and oxygen atoms in total. The SMILES string of the molecule is Cc1cc(F)cc(NC(=O)C(N)c2cccs2)c1. The fourth-order valence-electron chi connectivity index (χ4n) is 1.63. The van der Waals surface area contributed by atoms with Gasteiger partial charge in [-0.3, -0.25) is 4.79 Å². The first kappa shape index (κ1) is 12.7. The Morgan fingerprint density at radius 1 is 1.44 bits per heavy atom. The number of rotatable bonds is 3. The zero-order valence-electron chi connectivity index (χ0n) is 9.81. The molecule has 0 saturated heterocycles. The number of benzene rings is 1. The van der Waals surface area contributed by atoms with Gasteiger partial charge in [-0.25, -0.2) is 4.39 Å². The van der Waals surface area contributed by atoms with Crippen molar-refractivity contribution in [1.29, 1.82) is 0 Å². The normalized spacial score (nSPS) is 12.2. The van der Waals surface area contributed by atoms with Gasteiger partial charge in [0.15, 0.2) is 0 Å². The maximum absolute atomic E-state index is 13.2. The maximum Gasteiger partial charge on any atom is 0.246 e. The molecule has 94 valence electrons. The van der Waals surface area contributed by atoms with Gasteiger partial charge >= 0.3 is 0 Å². The molecule has 0 spiro atoms. The molecular formula is C13H13FN2OS. The molecule has 1 unspecified atom stereocenters. The topological polar surface area (TPSA) is 55.1 Å². The van der Waals surface area contributed by atoms with Crippen molar-refractivity contribution in [1.82, 2.24) is 0 Å². The van der Waals surface area contributed by atoms with Crippen LogP contribution in [0.25, 0.3) is 0 Å². The van der Waals surface area contributed by atoms with E-state index in [1.165, 1.54) is 23.5 Å². The minimum atomic E-state index is -0.728. The van der Waals surface area contributed by atoms with Crippen LogP contribution < -0.4 is 11.1 Å². The van der Waals surface area contributed by atoms with E-state index in [1.807, 2.05) is 11.4 Å². The van der Waals surface area contributed by atoms with Crippen LogP contribution in [0.5, 0.6) is 0 Å². The fraction of sp³-hybridized carbons (Fsp3) is 0.154. The number of carbonyl (C=O) groups excluding carboxylic acids is 1. The quantitative estimate of drug-likeness (QED) is 0.895. The molecule has 5 heteroatoms. The summed E-state index contributed by atoms with van der Waals surface area (Å²) in [6.07, 6.45) is 0. The van der Waals surface area contributed by atoms with Crippen molar-refractivity contribution in [2.45, 2.75) is 13.0 Å². The number of hydrogen-bond acceptors (Lipinski definition) is 3. The number of carbonyl (C=O) groups is 1. The first-order chi connectivity index (χ1) is 8.56. The monoisotopic (exact) mass is 264 g/mol. The first-order valence-corrected chi connectivity index (χ1v) is 6.31. The third-order valence-electron chi connectivity index (χ3n) is 2.44. The Balaban J connectivity index is 2.11. The van der Waals surface area contributed by atoms with Crippen LogP contribution in [0.15, 0.2) is 35.7 Å². The van der Waals surface area contributed by atoms with E-state index in [1.54, 1.807) is 19.1 Å². The molecule has 1 aromatic carbocycles. The minimum absolute atomic E-state index is 0.345. The van der Waals surface area contributed by atoms with Gasteiger partial charge in [-0.05, 0) is 42.1 Å². The molecule has 1 heterocycles. The summed E-state index contributed by atoms with van der Waals surface area (Å²) < 4.78 is 13.2. The van der Waals surface area contributed by atoms with E-state index in [0.717, 1.165) is 10.4 Å². The van der Waals surface area contributed by atoms with Gasteiger partial charge in [0.05, 0.1) is 0 Å². The summed E-state index contributed by atoms with van der Waals surface area (Å²) in [6, 6.07) is 7.27. The average Bonchev–Trinajstić information content (AvgIpc) is 2.79. The number of amides is 1. The molecular weight excluding hydrogens is 251 g/mol. The number of hydrogen-bond donors (Lipinski definition) is 2. The number of nitrogens with one attached hydrogen (secondary N) is 1. The van der Waals surface area contributed by atoms with Gasteiger partial charge in [-0.1, -0.05) is 6.07 Å². The van der Waals surface area contributed by atoms with Gasteiger partial charge in [0.2, 0.25) is 5.91 Å². The highest BCUT2D eigenvalue weighted by Gasteiger charge is 2.16. The highest BCUT2D eigenvalue weighted by atomic mass is 32.1. The van der Waals surface area contributed by atoms with Crippen molar-refractivity contribution in [2.24, 2.45) is 5.73 Å². The lowest BCUT2D eigenvalue weighted by molar-refractivity contribution is -0.117. The lowest BCUT2D eigenvalue weighted by Gasteiger charge is -2.11. The molecule has 0 saturated carbocycles. The van der Waals surface area contributed by atoms with Gasteiger partial charge in [-0.15, -0.1) is 11.3 Å². The maximum atomic E-state index is 13.2. The number of halogens is 1. The third-order valence-corrected chi connectivity index (χ3v) is 3.40. The molecule has 2 rings (SSSR count). The fourth-order valence-corrected chi connectivity index (χ4v) is 2.35. The van der Waals surface area contributed by atoms with Crippen LogP contribution in [0.4, 0.5) is 10.1 Å². The second kappa shape index (κ2) is 5.29. The largest absolute Gasteiger partial charge is 0.324 e. The van der Waals surface area contributed by atoms with Crippen molar-refractivity contribution >= 4 is 22.9 Å². The molecule has 18 heavy (non-hydrogen) atoms. The molecule has 0 aliphatic rings. The standard InChI is InChI=1S/C13H13FN2OS/c1-8-5-9(14)7-10(6-8)16-13(17)12(15)11-3-2-4-18-11/h2-7,12H,15H2,1H3,(H,16,17). The van der Waals surface area contributed by atoms with E-state index < -0.39 is 6.04 Å². The highest BCUT2D eigenvalue weighted by Crippen LogP contribution is 2.19. The summed E-state index contributed by atoms with van der Waals surface area (Å²) in [5, 5.41) is 4.47. The third kappa shape index (κ3) is 2.94. The second-order valence-electron chi connectivity index (χ2n) is 4.00. The van der Waals surface area contributed by atoms with Crippen LogP contribution >= 0.6 is 11.3 Å². The summed E-state index contributed by atoms with van der Waals surface area (Å²) in [4.78, 5) is 12.7. The molecule has 3 N–H and O–H groups in total. The molecule has 1 amide bonds. The Bertz CT molecular complexity index is 534. The van der Waals surface area contributed by atoms with Crippen molar-refractivity contribution in [3.05, 3.63) is 52.0 Å². The Labute approximate surface area is 108 Å². The summed E-state index contributed by atoms with van der Waals surface area (Å²) in [5.41, 5.74) is 6.98. The molecule has 0 bridgehead atoms. The Morgan fingerprint density at radius 3 is 2.83 bits per heavy atom. The van der Waals surface area contributed by atoms with E-state index in [-0.39, 0.29) is 11.7 Å². The van der Waals surface area contributed by atoms with Gasteiger partial charge in [0, 0.05) is 10.6 Å². The number of nitrogens with two attached hydrogens (primary N) is 1. The van der Waals surface area contributed by atoms with E-state index in [0.29, 0.717) is 5.69 Å². The lowest BCUT2D eigenvalue weighted by Crippen LogP contribution is -2.27. The number of aryl methyl sites for hydroxylation is 1. The van der Waals surface area contributed by atoms with Crippen molar-refractivity contribution in [3.8, 4) is 0 Å². The van der Waals surface area contributed by atoms with Crippen LogP contribution in [0.3, 0.4) is 0 Å². The molecule has 1 atom stereocenters. The van der Waals surface area contributed by atoms with Crippen molar-refractivity contribution in [2.75, 3.05) is 5.32 Å². The predicted molar refractivity (Wildman–Crippen MR) is 71.0 cm³/mol. The van der Waals surface area contributed by atoms with Crippen molar-refractivity contribution in [3.63, 3.8) is 0 Å². The highest BCUT2D eigenvalue weighted by molar-refractivity contribution is 7.10. The summed E-state index contributed by atoms with van der Waals surface area (Å²) in [5.74, 6) is -0.725. The smallest absolute Gasteiger partial charge is 0.246 e. The second-order valence-corrected chi connectivity index (χ2v) is 4.98. The molecule has 0 aliphatic carbocycles. The number of thiophene rings is 1.